The van der Waals surface area contributed by atoms with Crippen molar-refractivity contribution < 1.29 is 26.2 Å². The van der Waals surface area contributed by atoms with Gasteiger partial charge >= 0.3 is 26.2 Å². The molecule has 0 atom stereocenters. The molecule has 0 saturated carbocycles. The summed E-state index contributed by atoms with van der Waals surface area (Å²) in [5.74, 6) is 0.724. The molecule has 176 valence electrons. The molecule has 0 aliphatic heterocycles. The second-order valence-corrected chi connectivity index (χ2v) is 8.04. The van der Waals surface area contributed by atoms with E-state index in [0.29, 0.717) is 0 Å². The Labute approximate surface area is 230 Å². The second-order valence-electron chi connectivity index (χ2n) is 8.04. The van der Waals surface area contributed by atoms with Gasteiger partial charge in [0, 0.05) is 17.5 Å². The molecule has 0 amide bonds. The number of fused-ring (bicyclic) bond motifs is 1. The average Bonchev–Trinajstić information content (AvgIpc) is 3.20. The molecule has 3 nitrogen and oxygen atoms in total. The molecule has 0 fully saturated rings. The Balaban J connectivity index is 0.00000153. The van der Waals surface area contributed by atoms with Crippen LogP contribution in [0.2, 0.25) is 0 Å². The van der Waals surface area contributed by atoms with Crippen molar-refractivity contribution in [3.8, 4) is 16.8 Å². The monoisotopic (exact) mass is 537 g/mol. The van der Waals surface area contributed by atoms with E-state index in [9.17, 15) is 0 Å². The third-order valence-electron chi connectivity index (χ3n) is 5.62. The zero-order chi connectivity index (χ0) is 21.4. The van der Waals surface area contributed by atoms with Crippen LogP contribution in [0.25, 0.3) is 33.2 Å². The molecule has 0 spiro atoms. The molecule has 2 heterocycles. The summed E-state index contributed by atoms with van der Waals surface area (Å²) < 4.78 is 2.13. The topological polar surface area (TPSA) is 31.9 Å². The fourth-order valence-corrected chi connectivity index (χ4v) is 4.20. The van der Waals surface area contributed by atoms with Gasteiger partial charge in [0.15, 0.2) is 0 Å². The first kappa shape index (κ1) is 30.1. The average molecular weight is 539 g/mol. The number of rotatable bonds is 4. The summed E-state index contributed by atoms with van der Waals surface area (Å²) in [5, 5.41) is 5.99. The van der Waals surface area contributed by atoms with Crippen LogP contribution in [0.3, 0.4) is 0 Å². The maximum Gasteiger partial charge on any atom is 4.00 e. The van der Waals surface area contributed by atoms with Crippen LogP contribution >= 0.6 is 0 Å². The minimum absolute atomic E-state index is 0. The van der Waals surface area contributed by atoms with Crippen LogP contribution in [0.1, 0.15) is 16.7 Å². The molecule has 0 saturated heterocycles. The number of nitrogens with zero attached hydrogens (tertiary/aromatic N) is 3. The molecule has 5 rings (SSSR count). The molecular formula is C31H33N3Zr. The van der Waals surface area contributed by atoms with E-state index < -0.39 is 0 Å². The Morgan fingerprint density at radius 2 is 1.34 bits per heavy atom. The van der Waals surface area contributed by atoms with E-state index in [2.05, 4.69) is 104 Å². The number of aromatic nitrogens is 2. The fourth-order valence-electron chi connectivity index (χ4n) is 4.20. The first-order valence-corrected chi connectivity index (χ1v) is 10.5. The fraction of sp³-hybridized carbons (Fsp3) is 0.0968. The van der Waals surface area contributed by atoms with Crippen LogP contribution in [-0.4, -0.2) is 9.55 Å². The van der Waals surface area contributed by atoms with E-state index in [-0.39, 0.29) is 48.5 Å². The summed E-state index contributed by atoms with van der Waals surface area (Å²) in [6, 6.07) is 29.5. The molecule has 5 aromatic rings. The van der Waals surface area contributed by atoms with Crippen molar-refractivity contribution in [3.63, 3.8) is 0 Å². The molecule has 0 N–H and O–H groups in total. The number of aryl methyl sites for hydroxylation is 3. The maximum absolute atomic E-state index is 4.91. The molecule has 35 heavy (non-hydrogen) atoms. The third-order valence-corrected chi connectivity index (χ3v) is 5.62. The van der Waals surface area contributed by atoms with E-state index in [1.54, 1.807) is 0 Å². The van der Waals surface area contributed by atoms with Crippen molar-refractivity contribution in [1.29, 1.82) is 0 Å². The Hall–Kier alpha value is -2.97. The summed E-state index contributed by atoms with van der Waals surface area (Å²) in [7, 11) is 0. The number of benzene rings is 3. The zero-order valence-electron chi connectivity index (χ0n) is 21.5. The zero-order valence-corrected chi connectivity index (χ0v) is 24.0. The molecule has 0 bridgehead atoms. The smallest absolute Gasteiger partial charge is 0.436 e. The Bertz CT molecular complexity index is 1360. The van der Waals surface area contributed by atoms with Crippen molar-refractivity contribution in [2.45, 2.75) is 20.8 Å². The normalized spacial score (nSPS) is 9.80. The molecule has 2 aromatic heterocycles. The van der Waals surface area contributed by atoms with E-state index in [1.165, 1.54) is 27.8 Å². The van der Waals surface area contributed by atoms with Crippen molar-refractivity contribution in [2.24, 2.45) is 0 Å². The minimum Gasteiger partial charge on any atom is -0.436 e. The predicted octanol–water partition coefficient (Wildman–Crippen LogP) is 9.30. The first-order chi connectivity index (χ1) is 15.1. The van der Waals surface area contributed by atoms with Gasteiger partial charge in [-0.15, -0.1) is 0 Å². The van der Waals surface area contributed by atoms with E-state index in [1.807, 2.05) is 12.1 Å². The SMILES string of the molecule is Cc1cc(C)c([N-]c2ccc3ccn(-c4cccc(-c5ccccc5)c4)c3n2)c(C)c1.[CH3-].[CH3-].[CH3-].[Zr+4]. The van der Waals surface area contributed by atoms with Crippen molar-refractivity contribution in [3.05, 3.63) is 135 Å². The van der Waals surface area contributed by atoms with Gasteiger partial charge in [-0.3, -0.25) is 0 Å². The molecule has 0 unspecified atom stereocenters. The standard InChI is InChI=1S/C28H24N3.3CH3.Zr/c1-19-16-20(2)27(21(3)17-19)29-26-13-12-23-14-15-31(28(23)30-26)25-11-7-10-24(18-25)22-8-5-4-6-9-22;;;;/h4-18H,1-3H3;3*1H3;/q4*-1;+4. The van der Waals surface area contributed by atoms with Gasteiger partial charge in [-0.25, -0.2) is 0 Å². The quantitative estimate of drug-likeness (QED) is 0.210. The summed E-state index contributed by atoms with van der Waals surface area (Å²) >= 11 is 0. The molecule has 0 aliphatic carbocycles. The largest absolute Gasteiger partial charge is 4.00 e. The first-order valence-electron chi connectivity index (χ1n) is 10.5. The number of hydrogen-bond donors (Lipinski definition) is 0. The van der Waals surface area contributed by atoms with Crippen LogP contribution in [0, 0.1) is 43.1 Å². The number of hydrogen-bond acceptors (Lipinski definition) is 1. The van der Waals surface area contributed by atoms with E-state index in [0.717, 1.165) is 28.2 Å². The van der Waals surface area contributed by atoms with Gasteiger partial charge in [-0.05, 0) is 72.3 Å². The molecule has 3 aromatic carbocycles. The van der Waals surface area contributed by atoms with Crippen molar-refractivity contribution in [1.82, 2.24) is 9.55 Å². The van der Waals surface area contributed by atoms with Crippen LogP contribution in [-0.2, 0) is 26.2 Å². The maximum atomic E-state index is 4.91. The summed E-state index contributed by atoms with van der Waals surface area (Å²) in [6.45, 7) is 6.33. The summed E-state index contributed by atoms with van der Waals surface area (Å²) in [6.07, 6.45) is 2.08. The van der Waals surface area contributed by atoms with Gasteiger partial charge in [0.05, 0.1) is 0 Å². The van der Waals surface area contributed by atoms with Crippen LogP contribution in [0.5, 0.6) is 0 Å². The minimum atomic E-state index is 0. The van der Waals surface area contributed by atoms with Crippen molar-refractivity contribution >= 4 is 22.5 Å². The van der Waals surface area contributed by atoms with Gasteiger partial charge < -0.3 is 37.1 Å². The molecule has 0 radical (unpaired) electrons. The van der Waals surface area contributed by atoms with Crippen molar-refractivity contribution in [2.75, 3.05) is 0 Å². The second kappa shape index (κ2) is 12.7. The summed E-state index contributed by atoms with van der Waals surface area (Å²) in [5.41, 5.74) is 8.99. The van der Waals surface area contributed by atoms with Gasteiger partial charge in [-0.1, -0.05) is 78.1 Å². The Morgan fingerprint density at radius 1 is 0.686 bits per heavy atom. The van der Waals surface area contributed by atoms with Crippen LogP contribution in [0.4, 0.5) is 11.5 Å². The molecule has 4 heteroatoms. The van der Waals surface area contributed by atoms with Gasteiger partial charge in [-0.2, -0.15) is 0 Å². The van der Waals surface area contributed by atoms with Crippen LogP contribution in [0.15, 0.2) is 91.1 Å². The van der Waals surface area contributed by atoms with Gasteiger partial charge in [0.1, 0.15) is 0 Å². The Kier molecular flexibility index (Phi) is 10.9. The predicted molar refractivity (Wildman–Crippen MR) is 149 cm³/mol. The number of pyridine rings is 1. The third kappa shape index (κ3) is 6.19. The summed E-state index contributed by atoms with van der Waals surface area (Å²) in [4.78, 5) is 4.91. The van der Waals surface area contributed by atoms with Gasteiger partial charge in [0.2, 0.25) is 0 Å². The molecule has 0 aliphatic rings. The van der Waals surface area contributed by atoms with E-state index >= 15 is 0 Å². The molecular weight excluding hydrogens is 506 g/mol. The van der Waals surface area contributed by atoms with Crippen LogP contribution < -0.4 is 0 Å². The Morgan fingerprint density at radius 3 is 2.03 bits per heavy atom. The van der Waals surface area contributed by atoms with Gasteiger partial charge in [0.25, 0.3) is 0 Å². The van der Waals surface area contributed by atoms with E-state index in [4.69, 9.17) is 10.3 Å².